The smallest absolute Gasteiger partial charge is 0.103 e. The maximum atomic E-state index is 13.1. The van der Waals surface area contributed by atoms with E-state index in [9.17, 15) is 4.39 Å². The Hall–Kier alpha value is -0.0700. The molecule has 1 aliphatic rings. The average Bonchev–Trinajstić information content (AvgIpc) is 2.11. The van der Waals surface area contributed by atoms with Gasteiger partial charge >= 0.3 is 0 Å². The zero-order chi connectivity index (χ0) is 7.78. The first-order valence-electron chi connectivity index (χ1n) is 4.16. The van der Waals surface area contributed by atoms with Gasteiger partial charge in [-0.05, 0) is 24.2 Å². The summed E-state index contributed by atoms with van der Waals surface area (Å²) in [4.78, 5) is 0. The van der Waals surface area contributed by atoms with E-state index >= 15 is 0 Å². The van der Waals surface area contributed by atoms with Crippen molar-refractivity contribution in [2.45, 2.75) is 46.2 Å². The molecule has 0 aromatic carbocycles. The predicted molar refractivity (Wildman–Crippen MR) is 41.7 cm³/mol. The summed E-state index contributed by atoms with van der Waals surface area (Å²) in [5.74, 6) is 0.312. The highest BCUT2D eigenvalue weighted by molar-refractivity contribution is 4.85. The van der Waals surface area contributed by atoms with Crippen LogP contribution < -0.4 is 0 Å². The minimum atomic E-state index is -0.528. The zero-order valence-electron chi connectivity index (χ0n) is 7.15. The first-order chi connectivity index (χ1) is 4.52. The molecule has 0 heterocycles. The molecule has 1 heteroatoms. The molecule has 1 saturated carbocycles. The van der Waals surface area contributed by atoms with E-state index in [2.05, 4.69) is 20.8 Å². The van der Waals surface area contributed by atoms with Crippen LogP contribution in [0, 0.1) is 11.3 Å². The Bertz CT molecular complexity index is 112. The molecular weight excluding hydrogens is 127 g/mol. The average molecular weight is 144 g/mol. The van der Waals surface area contributed by atoms with Gasteiger partial charge < -0.3 is 0 Å². The molecule has 0 saturated heterocycles. The van der Waals surface area contributed by atoms with Gasteiger partial charge in [-0.15, -0.1) is 0 Å². The van der Waals surface area contributed by atoms with Crippen LogP contribution in [0.15, 0.2) is 0 Å². The third-order valence-corrected chi connectivity index (χ3v) is 2.54. The summed E-state index contributed by atoms with van der Waals surface area (Å²) < 4.78 is 13.1. The molecule has 1 aliphatic carbocycles. The highest BCUT2D eigenvalue weighted by Crippen LogP contribution is 2.40. The summed E-state index contributed by atoms with van der Waals surface area (Å²) in [6.45, 7) is 6.40. The van der Waals surface area contributed by atoms with Gasteiger partial charge in [0.25, 0.3) is 0 Å². The lowest BCUT2D eigenvalue weighted by Gasteiger charge is -2.28. The van der Waals surface area contributed by atoms with E-state index in [4.69, 9.17) is 0 Å². The molecule has 0 bridgehead atoms. The Morgan fingerprint density at radius 3 is 2.00 bits per heavy atom. The molecule has 0 radical (unpaired) electrons. The first-order valence-corrected chi connectivity index (χ1v) is 4.16. The Kier molecular flexibility index (Phi) is 2.02. The van der Waals surface area contributed by atoms with Crippen LogP contribution in [0.4, 0.5) is 4.39 Å². The van der Waals surface area contributed by atoms with Gasteiger partial charge in [-0.3, -0.25) is 0 Å². The lowest BCUT2D eigenvalue weighted by atomic mass is 9.79. The monoisotopic (exact) mass is 144 g/mol. The molecule has 0 amide bonds. The molecule has 1 rings (SSSR count). The standard InChI is InChI=1S/C9H17F/c1-9(2,3)7-5-4-6-8(7)10/h7-8H,4-6H2,1-3H3/t7-,8+/m1/s1. The maximum absolute atomic E-state index is 13.1. The number of hydrogen-bond donors (Lipinski definition) is 0. The fourth-order valence-corrected chi connectivity index (χ4v) is 1.89. The lowest BCUT2D eigenvalue weighted by Crippen LogP contribution is -2.24. The van der Waals surface area contributed by atoms with Crippen molar-refractivity contribution in [1.29, 1.82) is 0 Å². The van der Waals surface area contributed by atoms with Gasteiger partial charge in [-0.2, -0.15) is 0 Å². The van der Waals surface area contributed by atoms with Crippen LogP contribution in [0.5, 0.6) is 0 Å². The van der Waals surface area contributed by atoms with Gasteiger partial charge in [0.15, 0.2) is 0 Å². The van der Waals surface area contributed by atoms with Gasteiger partial charge in [-0.25, -0.2) is 4.39 Å². The highest BCUT2D eigenvalue weighted by Gasteiger charge is 2.35. The SMILES string of the molecule is CC(C)(C)[C@@H]1CCC[C@@H]1F. The van der Waals surface area contributed by atoms with E-state index in [1.165, 1.54) is 0 Å². The second-order valence-corrected chi connectivity index (χ2v) is 4.42. The zero-order valence-corrected chi connectivity index (χ0v) is 7.15. The number of hydrogen-bond acceptors (Lipinski definition) is 0. The highest BCUT2D eigenvalue weighted by atomic mass is 19.1. The largest absolute Gasteiger partial charge is 0.247 e. The van der Waals surface area contributed by atoms with Crippen LogP contribution in [-0.4, -0.2) is 6.17 Å². The molecule has 0 aromatic heterocycles. The molecule has 10 heavy (non-hydrogen) atoms. The van der Waals surface area contributed by atoms with Crippen molar-refractivity contribution in [3.05, 3.63) is 0 Å². The van der Waals surface area contributed by atoms with E-state index in [0.29, 0.717) is 5.92 Å². The molecule has 0 spiro atoms. The molecule has 60 valence electrons. The number of rotatable bonds is 0. The maximum Gasteiger partial charge on any atom is 0.103 e. The number of alkyl halides is 1. The molecule has 2 atom stereocenters. The van der Waals surface area contributed by atoms with Gasteiger partial charge in [0.2, 0.25) is 0 Å². The van der Waals surface area contributed by atoms with Crippen molar-refractivity contribution in [3.63, 3.8) is 0 Å². The molecule has 0 aromatic rings. The van der Waals surface area contributed by atoms with Crippen molar-refractivity contribution in [2.24, 2.45) is 11.3 Å². The van der Waals surface area contributed by atoms with Crippen molar-refractivity contribution >= 4 is 0 Å². The summed E-state index contributed by atoms with van der Waals surface area (Å²) in [6.07, 6.45) is 2.44. The molecule has 0 unspecified atom stereocenters. The molecule has 1 fully saturated rings. The van der Waals surface area contributed by atoms with Gasteiger partial charge in [0.05, 0.1) is 0 Å². The van der Waals surface area contributed by atoms with Crippen LogP contribution in [0.1, 0.15) is 40.0 Å². The Balaban J connectivity index is 2.55. The fraction of sp³-hybridized carbons (Fsp3) is 1.00. The van der Waals surface area contributed by atoms with Gasteiger partial charge in [0, 0.05) is 0 Å². The summed E-state index contributed by atoms with van der Waals surface area (Å²) in [6, 6.07) is 0. The van der Waals surface area contributed by atoms with E-state index in [1.807, 2.05) is 0 Å². The second-order valence-electron chi connectivity index (χ2n) is 4.42. The first kappa shape index (κ1) is 8.03. The van der Waals surface area contributed by atoms with Crippen LogP contribution in [0.25, 0.3) is 0 Å². The van der Waals surface area contributed by atoms with Crippen molar-refractivity contribution in [3.8, 4) is 0 Å². The quantitative estimate of drug-likeness (QED) is 0.490. The van der Waals surface area contributed by atoms with Crippen molar-refractivity contribution in [1.82, 2.24) is 0 Å². The van der Waals surface area contributed by atoms with Crippen LogP contribution >= 0.6 is 0 Å². The summed E-state index contributed by atoms with van der Waals surface area (Å²) in [5.41, 5.74) is 0.177. The van der Waals surface area contributed by atoms with Gasteiger partial charge in [0.1, 0.15) is 6.17 Å². The summed E-state index contributed by atoms with van der Waals surface area (Å²) >= 11 is 0. The van der Waals surface area contributed by atoms with Crippen LogP contribution in [-0.2, 0) is 0 Å². The molecule has 0 N–H and O–H groups in total. The van der Waals surface area contributed by atoms with Crippen molar-refractivity contribution < 1.29 is 4.39 Å². The van der Waals surface area contributed by atoms with Crippen LogP contribution in [0.3, 0.4) is 0 Å². The lowest BCUT2D eigenvalue weighted by molar-refractivity contribution is 0.144. The normalized spacial score (nSPS) is 34.8. The van der Waals surface area contributed by atoms with E-state index in [-0.39, 0.29) is 5.41 Å². The molecular formula is C9H17F. The Labute approximate surface area is 62.8 Å². The van der Waals surface area contributed by atoms with E-state index in [1.54, 1.807) is 0 Å². The summed E-state index contributed by atoms with van der Waals surface area (Å²) in [5, 5.41) is 0. The van der Waals surface area contributed by atoms with E-state index < -0.39 is 6.17 Å². The number of halogens is 1. The van der Waals surface area contributed by atoms with Crippen molar-refractivity contribution in [2.75, 3.05) is 0 Å². The van der Waals surface area contributed by atoms with E-state index in [0.717, 1.165) is 19.3 Å². The topological polar surface area (TPSA) is 0 Å². The third kappa shape index (κ3) is 1.50. The van der Waals surface area contributed by atoms with Gasteiger partial charge in [-0.1, -0.05) is 27.2 Å². The fourth-order valence-electron chi connectivity index (χ4n) is 1.89. The minimum Gasteiger partial charge on any atom is -0.247 e. The molecule has 0 aliphatic heterocycles. The summed E-state index contributed by atoms with van der Waals surface area (Å²) in [7, 11) is 0. The van der Waals surface area contributed by atoms with Crippen LogP contribution in [0.2, 0.25) is 0 Å². The minimum absolute atomic E-state index is 0.177. The predicted octanol–water partition coefficient (Wildman–Crippen LogP) is 3.17. The Morgan fingerprint density at radius 1 is 1.20 bits per heavy atom. The Morgan fingerprint density at radius 2 is 1.80 bits per heavy atom. The third-order valence-electron chi connectivity index (χ3n) is 2.54. The molecule has 0 nitrogen and oxygen atoms in total. The second kappa shape index (κ2) is 2.52.